The minimum absolute atomic E-state index is 0.339. The van der Waals surface area contributed by atoms with E-state index in [0.717, 1.165) is 16.7 Å². The van der Waals surface area contributed by atoms with E-state index < -0.39 is 6.10 Å². The average Bonchev–Trinajstić information content (AvgIpc) is 3.28. The zero-order valence-electron chi connectivity index (χ0n) is 15.3. The van der Waals surface area contributed by atoms with E-state index >= 15 is 0 Å². The highest BCUT2D eigenvalue weighted by atomic mass is 16.5. The molecule has 1 aromatic heterocycles. The van der Waals surface area contributed by atoms with Crippen molar-refractivity contribution in [2.75, 3.05) is 0 Å². The number of hydrogen-bond donors (Lipinski definition) is 0. The maximum Gasteiger partial charge on any atom is 0.338 e. The van der Waals surface area contributed by atoms with Gasteiger partial charge >= 0.3 is 5.97 Å². The van der Waals surface area contributed by atoms with Crippen LogP contribution in [-0.2, 0) is 11.3 Å². The number of imidazole rings is 1. The Hall–Kier alpha value is -3.66. The van der Waals surface area contributed by atoms with Crippen molar-refractivity contribution in [2.45, 2.75) is 12.6 Å². The zero-order valence-corrected chi connectivity index (χ0v) is 15.3. The van der Waals surface area contributed by atoms with Gasteiger partial charge in [0.2, 0.25) is 0 Å². The molecule has 0 N–H and O–H groups in total. The van der Waals surface area contributed by atoms with Crippen LogP contribution >= 0.6 is 0 Å². The van der Waals surface area contributed by atoms with E-state index in [9.17, 15) is 4.79 Å². The highest BCUT2D eigenvalue weighted by molar-refractivity contribution is 5.90. The summed E-state index contributed by atoms with van der Waals surface area (Å²) >= 11 is 0. The van der Waals surface area contributed by atoms with Gasteiger partial charge in [-0.25, -0.2) is 9.78 Å². The minimum Gasteiger partial charge on any atom is -0.452 e. The molecule has 0 aliphatic rings. The molecule has 1 atom stereocenters. The van der Waals surface area contributed by atoms with E-state index in [1.54, 1.807) is 12.5 Å². The van der Waals surface area contributed by atoms with Crippen molar-refractivity contribution in [3.8, 4) is 11.1 Å². The Morgan fingerprint density at radius 1 is 0.857 bits per heavy atom. The molecule has 0 aliphatic carbocycles. The summed E-state index contributed by atoms with van der Waals surface area (Å²) in [7, 11) is 0. The highest BCUT2D eigenvalue weighted by Crippen LogP contribution is 2.23. The maximum absolute atomic E-state index is 12.8. The lowest BCUT2D eigenvalue weighted by molar-refractivity contribution is 0.0255. The molecule has 4 aromatic rings. The fourth-order valence-corrected chi connectivity index (χ4v) is 3.09. The molecule has 4 nitrogen and oxygen atoms in total. The van der Waals surface area contributed by atoms with E-state index in [2.05, 4.69) is 4.98 Å². The molecule has 3 aromatic carbocycles. The van der Waals surface area contributed by atoms with Gasteiger partial charge in [0.15, 0.2) is 0 Å². The van der Waals surface area contributed by atoms with E-state index in [1.807, 2.05) is 95.7 Å². The molecule has 28 heavy (non-hydrogen) atoms. The largest absolute Gasteiger partial charge is 0.452 e. The zero-order chi connectivity index (χ0) is 19.2. The SMILES string of the molecule is O=C(O[C@H](Cn1ccnc1)c1ccccc1)c1ccc(-c2ccccc2)cc1. The van der Waals surface area contributed by atoms with Crippen molar-refractivity contribution in [3.05, 3.63) is 115 Å². The normalized spacial score (nSPS) is 11.7. The van der Waals surface area contributed by atoms with Crippen LogP contribution in [0.15, 0.2) is 104 Å². The molecule has 0 bridgehead atoms. The summed E-state index contributed by atoms with van der Waals surface area (Å²) in [6.45, 7) is 0.512. The van der Waals surface area contributed by atoms with Crippen LogP contribution in [0.3, 0.4) is 0 Å². The molecule has 4 rings (SSSR count). The number of aromatic nitrogens is 2. The number of benzene rings is 3. The Kier molecular flexibility index (Phi) is 5.29. The van der Waals surface area contributed by atoms with Crippen LogP contribution in [0.4, 0.5) is 0 Å². The fraction of sp³-hybridized carbons (Fsp3) is 0.0833. The third kappa shape index (κ3) is 4.18. The number of carbonyl (C=O) groups excluding carboxylic acids is 1. The lowest BCUT2D eigenvalue weighted by Gasteiger charge is -2.19. The van der Waals surface area contributed by atoms with Crippen LogP contribution in [0.1, 0.15) is 22.0 Å². The van der Waals surface area contributed by atoms with Gasteiger partial charge in [-0.3, -0.25) is 0 Å². The van der Waals surface area contributed by atoms with Gasteiger partial charge < -0.3 is 9.30 Å². The van der Waals surface area contributed by atoms with Crippen molar-refractivity contribution < 1.29 is 9.53 Å². The summed E-state index contributed by atoms with van der Waals surface area (Å²) in [5, 5.41) is 0. The monoisotopic (exact) mass is 368 g/mol. The smallest absolute Gasteiger partial charge is 0.338 e. The topological polar surface area (TPSA) is 44.1 Å². The van der Waals surface area contributed by atoms with E-state index in [4.69, 9.17) is 4.74 Å². The molecule has 0 saturated carbocycles. The molecule has 4 heteroatoms. The summed E-state index contributed by atoms with van der Waals surface area (Å²) in [4.78, 5) is 16.8. The third-order valence-electron chi connectivity index (χ3n) is 4.58. The Balaban J connectivity index is 1.52. The van der Waals surface area contributed by atoms with Crippen molar-refractivity contribution in [2.24, 2.45) is 0 Å². The van der Waals surface area contributed by atoms with Gasteiger partial charge in [-0.05, 0) is 28.8 Å². The first-order chi connectivity index (χ1) is 13.8. The van der Waals surface area contributed by atoms with Gasteiger partial charge in [-0.1, -0.05) is 72.8 Å². The molecular weight excluding hydrogens is 348 g/mol. The van der Waals surface area contributed by atoms with Gasteiger partial charge in [0.1, 0.15) is 6.10 Å². The number of ether oxygens (including phenoxy) is 1. The van der Waals surface area contributed by atoms with Crippen LogP contribution in [-0.4, -0.2) is 15.5 Å². The molecule has 0 radical (unpaired) electrons. The Morgan fingerprint density at radius 3 is 2.14 bits per heavy atom. The van der Waals surface area contributed by atoms with E-state index in [1.165, 1.54) is 0 Å². The Bertz CT molecular complexity index is 1010. The first kappa shape index (κ1) is 17.7. The summed E-state index contributed by atoms with van der Waals surface area (Å²) in [6, 6.07) is 27.3. The average molecular weight is 368 g/mol. The third-order valence-corrected chi connectivity index (χ3v) is 4.58. The lowest BCUT2D eigenvalue weighted by Crippen LogP contribution is -2.16. The lowest BCUT2D eigenvalue weighted by atomic mass is 10.0. The Labute approximate surface area is 164 Å². The van der Waals surface area contributed by atoms with E-state index in [-0.39, 0.29) is 5.97 Å². The molecule has 0 aliphatic heterocycles. The van der Waals surface area contributed by atoms with Crippen molar-refractivity contribution >= 4 is 5.97 Å². The Morgan fingerprint density at radius 2 is 1.50 bits per heavy atom. The van der Waals surface area contributed by atoms with Crippen molar-refractivity contribution in [1.82, 2.24) is 9.55 Å². The van der Waals surface area contributed by atoms with Gasteiger partial charge in [0.25, 0.3) is 0 Å². The number of nitrogens with zero attached hydrogens (tertiary/aromatic N) is 2. The molecule has 0 saturated heterocycles. The molecule has 0 fully saturated rings. The predicted octanol–water partition coefficient (Wildman–Crippen LogP) is 5.15. The van der Waals surface area contributed by atoms with Crippen LogP contribution in [0.5, 0.6) is 0 Å². The van der Waals surface area contributed by atoms with Crippen LogP contribution in [0.25, 0.3) is 11.1 Å². The second-order valence-corrected chi connectivity index (χ2v) is 6.51. The molecular formula is C24H20N2O2. The number of rotatable bonds is 6. The highest BCUT2D eigenvalue weighted by Gasteiger charge is 2.18. The number of carbonyl (C=O) groups is 1. The molecule has 0 unspecified atom stereocenters. The summed E-state index contributed by atoms with van der Waals surface area (Å²) in [5.41, 5.74) is 3.66. The molecule has 0 amide bonds. The standard InChI is InChI=1S/C24H20N2O2/c27-24(22-13-11-20(12-14-22)19-7-3-1-4-8-19)28-23(17-26-16-15-25-18-26)21-9-5-2-6-10-21/h1-16,18,23H,17H2/t23-/m1/s1. The van der Waals surface area contributed by atoms with Gasteiger partial charge in [0, 0.05) is 12.4 Å². The van der Waals surface area contributed by atoms with Crippen molar-refractivity contribution in [1.29, 1.82) is 0 Å². The fourth-order valence-electron chi connectivity index (χ4n) is 3.09. The summed E-state index contributed by atoms with van der Waals surface area (Å²) in [5.74, 6) is -0.339. The predicted molar refractivity (Wildman–Crippen MR) is 109 cm³/mol. The number of esters is 1. The van der Waals surface area contributed by atoms with E-state index in [0.29, 0.717) is 12.1 Å². The second-order valence-electron chi connectivity index (χ2n) is 6.51. The van der Waals surface area contributed by atoms with Crippen LogP contribution < -0.4 is 0 Å². The molecule has 1 heterocycles. The summed E-state index contributed by atoms with van der Waals surface area (Å²) in [6.07, 6.45) is 4.90. The first-order valence-electron chi connectivity index (χ1n) is 9.17. The molecule has 0 spiro atoms. The summed E-state index contributed by atoms with van der Waals surface area (Å²) < 4.78 is 7.76. The van der Waals surface area contributed by atoms with Crippen LogP contribution in [0, 0.1) is 0 Å². The number of hydrogen-bond acceptors (Lipinski definition) is 3. The quantitative estimate of drug-likeness (QED) is 0.442. The molecule has 138 valence electrons. The van der Waals surface area contributed by atoms with Gasteiger partial charge in [-0.2, -0.15) is 0 Å². The van der Waals surface area contributed by atoms with Crippen LogP contribution in [0.2, 0.25) is 0 Å². The maximum atomic E-state index is 12.8. The minimum atomic E-state index is -0.392. The van der Waals surface area contributed by atoms with Gasteiger partial charge in [0.05, 0.1) is 18.4 Å². The van der Waals surface area contributed by atoms with Crippen molar-refractivity contribution in [3.63, 3.8) is 0 Å². The van der Waals surface area contributed by atoms with Gasteiger partial charge in [-0.15, -0.1) is 0 Å². The second kappa shape index (κ2) is 8.35. The first-order valence-corrected chi connectivity index (χ1v) is 9.17.